The van der Waals surface area contributed by atoms with E-state index in [-0.39, 0.29) is 0 Å². The first-order valence-electron chi connectivity index (χ1n) is 7.49. The molecule has 108 valence electrons. The highest BCUT2D eigenvalue weighted by Crippen LogP contribution is 2.22. The molecule has 2 aromatic heterocycles. The van der Waals surface area contributed by atoms with Gasteiger partial charge in [-0.1, -0.05) is 12.8 Å². The molecule has 1 fully saturated rings. The highest BCUT2D eigenvalue weighted by Gasteiger charge is 2.17. The molecule has 0 saturated heterocycles. The highest BCUT2D eigenvalue weighted by atomic mass is 15.3. The predicted octanol–water partition coefficient (Wildman–Crippen LogP) is 2.52. The smallest absolute Gasteiger partial charge is 0.203 e. The van der Waals surface area contributed by atoms with Crippen LogP contribution in [0.3, 0.4) is 0 Å². The van der Waals surface area contributed by atoms with Crippen LogP contribution in [0.2, 0.25) is 0 Å². The van der Waals surface area contributed by atoms with Crippen LogP contribution >= 0.6 is 0 Å². The van der Waals surface area contributed by atoms with E-state index >= 15 is 0 Å². The van der Waals surface area contributed by atoms with Crippen LogP contribution in [-0.4, -0.2) is 25.4 Å². The van der Waals surface area contributed by atoms with Crippen LogP contribution in [0.15, 0.2) is 18.5 Å². The van der Waals surface area contributed by atoms with Crippen molar-refractivity contribution in [2.24, 2.45) is 7.05 Å². The quantitative estimate of drug-likeness (QED) is 0.910. The summed E-state index contributed by atoms with van der Waals surface area (Å²) in [6.07, 6.45) is 10.2. The minimum Gasteiger partial charge on any atom is -0.353 e. The van der Waals surface area contributed by atoms with Gasteiger partial charge in [-0.2, -0.15) is 5.10 Å². The second-order valence-corrected chi connectivity index (χ2v) is 5.72. The maximum atomic E-state index is 4.63. The lowest BCUT2D eigenvalue weighted by Crippen LogP contribution is -2.18. The number of hydrogen-bond acceptors (Lipinski definition) is 3. The molecular weight excluding hydrogens is 250 g/mol. The molecule has 2 aromatic rings. The van der Waals surface area contributed by atoms with Gasteiger partial charge in [-0.25, -0.2) is 4.98 Å². The minimum atomic E-state index is 0.604. The van der Waals surface area contributed by atoms with Crippen molar-refractivity contribution in [3.63, 3.8) is 0 Å². The van der Waals surface area contributed by atoms with Gasteiger partial charge in [-0.05, 0) is 25.8 Å². The fraction of sp³-hybridized carbons (Fsp3) is 0.600. The van der Waals surface area contributed by atoms with Gasteiger partial charge in [0.1, 0.15) is 0 Å². The van der Waals surface area contributed by atoms with Crippen LogP contribution in [0, 0.1) is 6.92 Å². The largest absolute Gasteiger partial charge is 0.353 e. The monoisotopic (exact) mass is 273 g/mol. The van der Waals surface area contributed by atoms with Gasteiger partial charge >= 0.3 is 0 Å². The van der Waals surface area contributed by atoms with Gasteiger partial charge in [-0.3, -0.25) is 4.68 Å². The van der Waals surface area contributed by atoms with Gasteiger partial charge < -0.3 is 9.88 Å². The number of nitrogens with one attached hydrogen (secondary N) is 1. The Hall–Kier alpha value is -1.78. The lowest BCUT2D eigenvalue weighted by Gasteiger charge is -2.14. The number of anilines is 1. The first-order chi connectivity index (χ1) is 9.72. The number of nitrogens with zero attached hydrogens (tertiary/aromatic N) is 4. The Morgan fingerprint density at radius 2 is 2.15 bits per heavy atom. The summed E-state index contributed by atoms with van der Waals surface area (Å²) >= 11 is 0. The fourth-order valence-corrected chi connectivity index (χ4v) is 2.97. The van der Waals surface area contributed by atoms with Crippen molar-refractivity contribution >= 4 is 5.95 Å². The van der Waals surface area contributed by atoms with Crippen molar-refractivity contribution in [3.05, 3.63) is 29.8 Å². The standard InChI is InChI=1S/C15H23N5/c1-12-11-20(10-8-14-7-9-16-19(14)2)15(17-12)18-13-5-3-4-6-13/h7,9,11,13H,3-6,8,10H2,1-2H3,(H,17,18). The van der Waals surface area contributed by atoms with Crippen molar-refractivity contribution in [3.8, 4) is 0 Å². The van der Waals surface area contributed by atoms with Crippen LogP contribution < -0.4 is 5.32 Å². The van der Waals surface area contributed by atoms with E-state index < -0.39 is 0 Å². The third-order valence-electron chi connectivity index (χ3n) is 4.12. The van der Waals surface area contributed by atoms with Gasteiger partial charge in [0.2, 0.25) is 5.95 Å². The molecule has 0 amide bonds. The van der Waals surface area contributed by atoms with Crippen LogP contribution in [0.4, 0.5) is 5.95 Å². The fourth-order valence-electron chi connectivity index (χ4n) is 2.97. The zero-order valence-electron chi connectivity index (χ0n) is 12.3. The second-order valence-electron chi connectivity index (χ2n) is 5.72. The summed E-state index contributed by atoms with van der Waals surface area (Å²) in [5.41, 5.74) is 2.33. The summed E-state index contributed by atoms with van der Waals surface area (Å²) < 4.78 is 4.18. The lowest BCUT2D eigenvalue weighted by atomic mass is 10.2. The molecule has 0 unspecified atom stereocenters. The topological polar surface area (TPSA) is 47.7 Å². The molecule has 5 heteroatoms. The van der Waals surface area contributed by atoms with Crippen molar-refractivity contribution in [2.75, 3.05) is 5.32 Å². The van der Waals surface area contributed by atoms with E-state index in [1.165, 1.54) is 31.4 Å². The van der Waals surface area contributed by atoms with Gasteiger partial charge in [-0.15, -0.1) is 0 Å². The van der Waals surface area contributed by atoms with Crippen molar-refractivity contribution < 1.29 is 0 Å². The Bertz CT molecular complexity index is 563. The van der Waals surface area contributed by atoms with Gasteiger partial charge in [0.15, 0.2) is 0 Å². The maximum absolute atomic E-state index is 4.63. The third-order valence-corrected chi connectivity index (χ3v) is 4.12. The molecule has 0 spiro atoms. The zero-order chi connectivity index (χ0) is 13.9. The molecule has 2 heterocycles. The first-order valence-corrected chi connectivity index (χ1v) is 7.49. The molecule has 0 atom stereocenters. The van der Waals surface area contributed by atoms with Gasteiger partial charge in [0.05, 0.1) is 5.69 Å². The number of imidazole rings is 1. The van der Waals surface area contributed by atoms with Crippen LogP contribution in [-0.2, 0) is 20.0 Å². The van der Waals surface area contributed by atoms with E-state index in [2.05, 4.69) is 39.2 Å². The molecule has 3 rings (SSSR count). The Labute approximate surface area is 120 Å². The van der Waals surface area contributed by atoms with Crippen LogP contribution in [0.25, 0.3) is 0 Å². The van der Waals surface area contributed by atoms with Crippen molar-refractivity contribution in [2.45, 2.75) is 51.6 Å². The van der Waals surface area contributed by atoms with Crippen LogP contribution in [0.1, 0.15) is 37.1 Å². The Balaban J connectivity index is 1.67. The van der Waals surface area contributed by atoms with Gasteiger partial charge in [0.25, 0.3) is 0 Å². The lowest BCUT2D eigenvalue weighted by molar-refractivity contribution is 0.631. The third kappa shape index (κ3) is 2.86. The van der Waals surface area contributed by atoms with E-state index in [0.29, 0.717) is 6.04 Å². The summed E-state index contributed by atoms with van der Waals surface area (Å²) in [6.45, 7) is 3.00. The Morgan fingerprint density at radius 3 is 2.85 bits per heavy atom. The summed E-state index contributed by atoms with van der Waals surface area (Å²) in [5, 5.41) is 7.82. The molecule has 1 N–H and O–H groups in total. The molecule has 0 aromatic carbocycles. The summed E-state index contributed by atoms with van der Waals surface area (Å²) in [5.74, 6) is 1.02. The summed E-state index contributed by atoms with van der Waals surface area (Å²) in [4.78, 5) is 4.63. The Kier molecular flexibility index (Phi) is 3.76. The number of rotatable bonds is 5. The normalized spacial score (nSPS) is 15.9. The number of aromatic nitrogens is 4. The van der Waals surface area contributed by atoms with E-state index in [1.807, 2.05) is 17.9 Å². The molecule has 20 heavy (non-hydrogen) atoms. The molecule has 1 aliphatic rings. The van der Waals surface area contributed by atoms with E-state index in [4.69, 9.17) is 0 Å². The summed E-state index contributed by atoms with van der Waals surface area (Å²) in [6, 6.07) is 2.68. The summed E-state index contributed by atoms with van der Waals surface area (Å²) in [7, 11) is 1.99. The molecule has 1 saturated carbocycles. The molecule has 5 nitrogen and oxygen atoms in total. The first kappa shape index (κ1) is 13.2. The van der Waals surface area contributed by atoms with Crippen LogP contribution in [0.5, 0.6) is 0 Å². The average Bonchev–Trinajstić information content (AvgIpc) is 3.11. The maximum Gasteiger partial charge on any atom is 0.203 e. The zero-order valence-corrected chi connectivity index (χ0v) is 12.3. The van der Waals surface area contributed by atoms with Crippen molar-refractivity contribution in [1.82, 2.24) is 19.3 Å². The SMILES string of the molecule is Cc1cn(CCc2ccnn2C)c(NC2CCCC2)n1. The minimum absolute atomic E-state index is 0.604. The second kappa shape index (κ2) is 5.69. The van der Waals surface area contributed by atoms with E-state index in [9.17, 15) is 0 Å². The van der Waals surface area contributed by atoms with Gasteiger partial charge in [0, 0.05) is 44.1 Å². The number of hydrogen-bond donors (Lipinski definition) is 1. The molecule has 1 aliphatic carbocycles. The number of aryl methyl sites for hydroxylation is 4. The predicted molar refractivity (Wildman–Crippen MR) is 79.8 cm³/mol. The molecule has 0 bridgehead atoms. The van der Waals surface area contributed by atoms with Crippen molar-refractivity contribution in [1.29, 1.82) is 0 Å². The van der Waals surface area contributed by atoms with E-state index in [0.717, 1.165) is 24.6 Å². The van der Waals surface area contributed by atoms with E-state index in [1.54, 1.807) is 0 Å². The highest BCUT2D eigenvalue weighted by molar-refractivity contribution is 5.30. The molecule has 0 aliphatic heterocycles. The molecule has 0 radical (unpaired) electrons. The average molecular weight is 273 g/mol. The Morgan fingerprint density at radius 1 is 1.35 bits per heavy atom. The molecular formula is C15H23N5.